The van der Waals surface area contributed by atoms with Crippen molar-refractivity contribution in [3.63, 3.8) is 0 Å². The number of amides is 1. The molecule has 0 aliphatic heterocycles. The molecule has 5 heteroatoms. The third kappa shape index (κ3) is 2.86. The lowest BCUT2D eigenvalue weighted by atomic mass is 10.00. The summed E-state index contributed by atoms with van der Waals surface area (Å²) in [4.78, 5) is 12.2. The van der Waals surface area contributed by atoms with E-state index in [0.717, 1.165) is 0 Å². The van der Waals surface area contributed by atoms with Gasteiger partial charge >= 0.3 is 0 Å². The van der Waals surface area contributed by atoms with Crippen molar-refractivity contribution in [2.24, 2.45) is 0 Å². The van der Waals surface area contributed by atoms with E-state index in [1.807, 2.05) is 38.1 Å². The predicted molar refractivity (Wildman–Crippen MR) is 76.0 cm³/mol. The molecule has 20 heavy (non-hydrogen) atoms. The van der Waals surface area contributed by atoms with Crippen LogP contribution < -0.4 is 5.32 Å². The molecule has 0 bridgehead atoms. The van der Waals surface area contributed by atoms with Crippen molar-refractivity contribution in [1.82, 2.24) is 9.78 Å². The average Bonchev–Trinajstić information content (AvgIpc) is 2.89. The molecule has 0 radical (unpaired) electrons. The molecule has 1 amide bonds. The molecule has 1 N–H and O–H groups in total. The number of anilines is 1. The van der Waals surface area contributed by atoms with Crippen LogP contribution in [-0.2, 0) is 4.79 Å². The number of carbonyl (C=O) groups excluding carboxylic acids is 1. The smallest absolute Gasteiger partial charge is 0.247 e. The van der Waals surface area contributed by atoms with Crippen molar-refractivity contribution >= 4 is 11.7 Å². The van der Waals surface area contributed by atoms with Gasteiger partial charge in [0, 0.05) is 12.1 Å². The van der Waals surface area contributed by atoms with Gasteiger partial charge in [0.15, 0.2) is 5.92 Å². The summed E-state index contributed by atoms with van der Waals surface area (Å²) in [5.41, 5.74) is 0.683. The molecule has 5 nitrogen and oxygen atoms in total. The lowest BCUT2D eigenvalue weighted by Gasteiger charge is -2.14. The predicted octanol–water partition coefficient (Wildman–Crippen LogP) is 2.71. The lowest BCUT2D eigenvalue weighted by molar-refractivity contribution is -0.116. The summed E-state index contributed by atoms with van der Waals surface area (Å²) >= 11 is 0. The van der Waals surface area contributed by atoms with E-state index in [1.165, 1.54) is 0 Å². The number of nitrogens with one attached hydrogen (secondary N) is 1. The van der Waals surface area contributed by atoms with Gasteiger partial charge in [-0.3, -0.25) is 4.79 Å². The van der Waals surface area contributed by atoms with Gasteiger partial charge in [0.25, 0.3) is 0 Å². The molecule has 102 valence electrons. The van der Waals surface area contributed by atoms with Crippen molar-refractivity contribution in [3.8, 4) is 6.07 Å². The summed E-state index contributed by atoms with van der Waals surface area (Å²) in [6.07, 6.45) is 1.62. The fourth-order valence-corrected chi connectivity index (χ4v) is 1.95. The second-order valence-electron chi connectivity index (χ2n) is 4.72. The maximum Gasteiger partial charge on any atom is 0.247 e. The molecule has 2 aromatic rings. The van der Waals surface area contributed by atoms with Crippen molar-refractivity contribution < 1.29 is 4.79 Å². The van der Waals surface area contributed by atoms with Crippen LogP contribution in [0.3, 0.4) is 0 Å². The Hall–Kier alpha value is -2.61. The van der Waals surface area contributed by atoms with Gasteiger partial charge in [-0.2, -0.15) is 10.4 Å². The Labute approximate surface area is 117 Å². The van der Waals surface area contributed by atoms with Gasteiger partial charge in [-0.25, -0.2) is 4.68 Å². The Bertz CT molecular complexity index is 625. The second-order valence-corrected chi connectivity index (χ2v) is 4.72. The van der Waals surface area contributed by atoms with Crippen LogP contribution in [-0.4, -0.2) is 15.7 Å². The SMILES string of the molecule is CC(C)n1nccc1NC(=O)C(C#N)c1ccccc1. The molecule has 2 rings (SSSR count). The zero-order chi connectivity index (χ0) is 14.5. The molecule has 0 saturated carbocycles. The Kier molecular flexibility index (Phi) is 4.16. The molecule has 1 aromatic heterocycles. The highest BCUT2D eigenvalue weighted by Gasteiger charge is 2.21. The average molecular weight is 268 g/mol. The van der Waals surface area contributed by atoms with E-state index >= 15 is 0 Å². The molecule has 0 aliphatic carbocycles. The Balaban J connectivity index is 2.19. The number of hydrogen-bond acceptors (Lipinski definition) is 3. The third-order valence-corrected chi connectivity index (χ3v) is 2.93. The van der Waals surface area contributed by atoms with Crippen LogP contribution in [0.25, 0.3) is 0 Å². The van der Waals surface area contributed by atoms with Crippen LogP contribution in [0.2, 0.25) is 0 Å². The van der Waals surface area contributed by atoms with E-state index in [4.69, 9.17) is 0 Å². The van der Waals surface area contributed by atoms with Gasteiger partial charge in [-0.1, -0.05) is 30.3 Å². The first-order valence-corrected chi connectivity index (χ1v) is 6.42. The molecule has 0 spiro atoms. The van der Waals surface area contributed by atoms with Crippen LogP contribution in [0, 0.1) is 11.3 Å². The number of rotatable bonds is 4. The molecule has 1 heterocycles. The van der Waals surface area contributed by atoms with Crippen molar-refractivity contribution in [3.05, 3.63) is 48.2 Å². The Morgan fingerprint density at radius 3 is 2.60 bits per heavy atom. The number of benzene rings is 1. The van der Waals surface area contributed by atoms with Crippen LogP contribution in [0.15, 0.2) is 42.6 Å². The van der Waals surface area contributed by atoms with Crippen molar-refractivity contribution in [2.45, 2.75) is 25.8 Å². The van der Waals surface area contributed by atoms with Gasteiger partial charge in [-0.15, -0.1) is 0 Å². The van der Waals surface area contributed by atoms with Gasteiger partial charge in [0.2, 0.25) is 5.91 Å². The normalized spacial score (nSPS) is 11.9. The molecule has 0 fully saturated rings. The minimum absolute atomic E-state index is 0.137. The highest BCUT2D eigenvalue weighted by molar-refractivity contribution is 5.97. The topological polar surface area (TPSA) is 70.7 Å². The fourth-order valence-electron chi connectivity index (χ4n) is 1.95. The molecule has 0 saturated heterocycles. The van der Waals surface area contributed by atoms with Crippen molar-refractivity contribution in [1.29, 1.82) is 5.26 Å². The fraction of sp³-hybridized carbons (Fsp3) is 0.267. The van der Waals surface area contributed by atoms with E-state index in [-0.39, 0.29) is 11.9 Å². The number of aromatic nitrogens is 2. The summed E-state index contributed by atoms with van der Waals surface area (Å²) in [5, 5.41) is 16.1. The summed E-state index contributed by atoms with van der Waals surface area (Å²) in [5.74, 6) is -0.575. The number of hydrogen-bond donors (Lipinski definition) is 1. The highest BCUT2D eigenvalue weighted by Crippen LogP contribution is 2.19. The third-order valence-electron chi connectivity index (χ3n) is 2.93. The quantitative estimate of drug-likeness (QED) is 0.926. The maximum absolute atomic E-state index is 12.2. The maximum atomic E-state index is 12.2. The zero-order valence-corrected chi connectivity index (χ0v) is 11.4. The summed E-state index contributed by atoms with van der Waals surface area (Å²) in [6.45, 7) is 3.95. The van der Waals surface area contributed by atoms with Crippen LogP contribution in [0.4, 0.5) is 5.82 Å². The van der Waals surface area contributed by atoms with E-state index in [2.05, 4.69) is 10.4 Å². The summed E-state index contributed by atoms with van der Waals surface area (Å²) < 4.78 is 1.71. The summed E-state index contributed by atoms with van der Waals surface area (Å²) in [6, 6.07) is 12.9. The van der Waals surface area contributed by atoms with Gasteiger partial charge in [-0.05, 0) is 19.4 Å². The molecular formula is C15H16N4O. The van der Waals surface area contributed by atoms with E-state index in [0.29, 0.717) is 11.4 Å². The standard InChI is InChI=1S/C15H16N4O/c1-11(2)19-14(8-9-17-19)18-15(20)13(10-16)12-6-4-3-5-7-12/h3-9,11,13H,1-2H3,(H,18,20). The largest absolute Gasteiger partial charge is 0.309 e. The number of nitriles is 1. The van der Waals surface area contributed by atoms with Crippen LogP contribution >= 0.6 is 0 Å². The molecule has 1 unspecified atom stereocenters. The van der Waals surface area contributed by atoms with Crippen LogP contribution in [0.1, 0.15) is 31.4 Å². The highest BCUT2D eigenvalue weighted by atomic mass is 16.2. The van der Waals surface area contributed by atoms with Gasteiger partial charge in [0.1, 0.15) is 5.82 Å². The molecule has 1 atom stereocenters. The minimum atomic E-state index is -0.827. The first-order valence-electron chi connectivity index (χ1n) is 6.42. The minimum Gasteiger partial charge on any atom is -0.309 e. The summed E-state index contributed by atoms with van der Waals surface area (Å²) in [7, 11) is 0. The van der Waals surface area contributed by atoms with Gasteiger partial charge < -0.3 is 5.32 Å². The number of carbonyl (C=O) groups is 1. The van der Waals surface area contributed by atoms with E-state index < -0.39 is 5.92 Å². The van der Waals surface area contributed by atoms with E-state index in [1.54, 1.807) is 29.1 Å². The second kappa shape index (κ2) is 6.02. The number of nitrogens with zero attached hydrogens (tertiary/aromatic N) is 3. The molecule has 1 aromatic carbocycles. The van der Waals surface area contributed by atoms with E-state index in [9.17, 15) is 10.1 Å². The Morgan fingerprint density at radius 1 is 1.30 bits per heavy atom. The molecular weight excluding hydrogens is 252 g/mol. The molecule has 0 aliphatic rings. The lowest BCUT2D eigenvalue weighted by Crippen LogP contribution is -2.22. The zero-order valence-electron chi connectivity index (χ0n) is 11.4. The van der Waals surface area contributed by atoms with Gasteiger partial charge in [0.05, 0.1) is 12.3 Å². The monoisotopic (exact) mass is 268 g/mol. The first kappa shape index (κ1) is 13.8. The Morgan fingerprint density at radius 2 is 2.00 bits per heavy atom. The van der Waals surface area contributed by atoms with Crippen LogP contribution in [0.5, 0.6) is 0 Å². The van der Waals surface area contributed by atoms with Crippen molar-refractivity contribution in [2.75, 3.05) is 5.32 Å². The first-order chi connectivity index (χ1) is 9.63.